The Labute approximate surface area is 158 Å². The van der Waals surface area contributed by atoms with Crippen molar-refractivity contribution in [1.29, 1.82) is 0 Å². The van der Waals surface area contributed by atoms with E-state index in [2.05, 4.69) is 10.3 Å². The molecule has 7 heteroatoms. The number of nitrogens with zero attached hydrogens (tertiary/aromatic N) is 1. The predicted octanol–water partition coefficient (Wildman–Crippen LogP) is 5.65. The number of hydrogen-bond acceptors (Lipinski definition) is 3. The van der Waals surface area contributed by atoms with Gasteiger partial charge in [0.1, 0.15) is 5.03 Å². The summed E-state index contributed by atoms with van der Waals surface area (Å²) in [6.07, 6.45) is -2.81. The zero-order chi connectivity index (χ0) is 19.3. The minimum Gasteiger partial charge on any atom is -0.322 e. The lowest BCUT2D eigenvalue weighted by atomic mass is 10.2. The van der Waals surface area contributed by atoms with Crippen molar-refractivity contribution in [3.8, 4) is 0 Å². The Morgan fingerprint density at radius 3 is 2.33 bits per heavy atom. The van der Waals surface area contributed by atoms with Crippen LogP contribution in [-0.4, -0.2) is 10.9 Å². The minimum absolute atomic E-state index is 0.288. The third kappa shape index (κ3) is 5.10. The van der Waals surface area contributed by atoms with E-state index in [0.29, 0.717) is 16.3 Å². The largest absolute Gasteiger partial charge is 0.416 e. The lowest BCUT2D eigenvalue weighted by Crippen LogP contribution is -2.14. The minimum atomic E-state index is -4.41. The van der Waals surface area contributed by atoms with Crippen LogP contribution in [0.4, 0.5) is 18.9 Å². The van der Waals surface area contributed by atoms with Crippen molar-refractivity contribution < 1.29 is 18.0 Å². The van der Waals surface area contributed by atoms with Crippen LogP contribution in [0.25, 0.3) is 0 Å². The highest BCUT2D eigenvalue weighted by atomic mass is 32.2. The number of carbonyl (C=O) groups is 1. The van der Waals surface area contributed by atoms with Crippen molar-refractivity contribution in [2.45, 2.75) is 17.0 Å². The first-order chi connectivity index (χ1) is 12.9. The molecule has 0 saturated heterocycles. The van der Waals surface area contributed by atoms with Crippen molar-refractivity contribution in [3.63, 3.8) is 0 Å². The van der Waals surface area contributed by atoms with Crippen LogP contribution in [0.1, 0.15) is 21.5 Å². The first-order valence-corrected chi connectivity index (χ1v) is 9.02. The van der Waals surface area contributed by atoms with Crippen LogP contribution in [0, 0.1) is 0 Å². The van der Waals surface area contributed by atoms with Crippen LogP contribution in [-0.2, 0) is 11.9 Å². The lowest BCUT2D eigenvalue weighted by molar-refractivity contribution is -0.137. The van der Waals surface area contributed by atoms with Crippen LogP contribution in [0.3, 0.4) is 0 Å². The van der Waals surface area contributed by atoms with E-state index in [-0.39, 0.29) is 5.69 Å². The summed E-state index contributed by atoms with van der Waals surface area (Å²) in [7, 11) is 0. The molecule has 3 aromatic rings. The zero-order valence-electron chi connectivity index (χ0n) is 14.0. The van der Waals surface area contributed by atoms with Crippen LogP contribution >= 0.6 is 11.8 Å². The number of rotatable bonds is 5. The molecule has 0 aliphatic carbocycles. The van der Waals surface area contributed by atoms with Gasteiger partial charge in [-0.2, -0.15) is 13.2 Å². The second-order valence-corrected chi connectivity index (χ2v) is 6.62. The molecule has 0 saturated carbocycles. The summed E-state index contributed by atoms with van der Waals surface area (Å²) in [6.45, 7) is 0. The van der Waals surface area contributed by atoms with Gasteiger partial charge in [-0.25, -0.2) is 4.98 Å². The standard InChI is InChI=1S/C20H15F3N2OS/c21-20(22,23)15-8-10-16(11-9-15)25-18(26)17-7-4-12-24-19(17)27-13-14-5-2-1-3-6-14/h1-12H,13H2,(H,25,26). The molecule has 0 atom stereocenters. The fourth-order valence-electron chi connectivity index (χ4n) is 2.35. The lowest BCUT2D eigenvalue weighted by Gasteiger charge is -2.10. The SMILES string of the molecule is O=C(Nc1ccc(C(F)(F)F)cc1)c1cccnc1SCc1ccccc1. The van der Waals surface area contributed by atoms with Crippen molar-refractivity contribution in [2.75, 3.05) is 5.32 Å². The van der Waals surface area contributed by atoms with Gasteiger partial charge in [-0.05, 0) is 42.0 Å². The van der Waals surface area contributed by atoms with Crippen LogP contribution in [0.2, 0.25) is 0 Å². The first kappa shape index (κ1) is 19.0. The van der Waals surface area contributed by atoms with E-state index in [4.69, 9.17) is 0 Å². The van der Waals surface area contributed by atoms with Gasteiger partial charge < -0.3 is 5.32 Å². The molecule has 0 spiro atoms. The predicted molar refractivity (Wildman–Crippen MR) is 99.6 cm³/mol. The summed E-state index contributed by atoms with van der Waals surface area (Å²) in [4.78, 5) is 16.8. The molecule has 1 N–H and O–H groups in total. The van der Waals surface area contributed by atoms with Gasteiger partial charge in [-0.15, -0.1) is 11.8 Å². The van der Waals surface area contributed by atoms with Crippen molar-refractivity contribution >= 4 is 23.4 Å². The maximum Gasteiger partial charge on any atom is 0.416 e. The third-order valence-corrected chi connectivity index (χ3v) is 4.78. The molecule has 1 aromatic heterocycles. The maximum absolute atomic E-state index is 12.6. The number of thioether (sulfide) groups is 1. The summed E-state index contributed by atoms with van der Waals surface area (Å²) in [5.74, 6) is 0.233. The van der Waals surface area contributed by atoms with Gasteiger partial charge in [0.2, 0.25) is 0 Å². The number of amides is 1. The third-order valence-electron chi connectivity index (χ3n) is 3.70. The average molecular weight is 388 g/mol. The number of halogens is 3. The van der Waals surface area contributed by atoms with E-state index in [1.807, 2.05) is 30.3 Å². The molecule has 3 rings (SSSR count). The van der Waals surface area contributed by atoms with E-state index in [1.165, 1.54) is 23.9 Å². The quantitative estimate of drug-likeness (QED) is 0.575. The van der Waals surface area contributed by atoms with Gasteiger partial charge in [-0.3, -0.25) is 4.79 Å². The van der Waals surface area contributed by atoms with E-state index in [0.717, 1.165) is 17.7 Å². The molecule has 0 unspecified atom stereocenters. The number of hydrogen-bond donors (Lipinski definition) is 1. The molecular weight excluding hydrogens is 373 g/mol. The van der Waals surface area contributed by atoms with Crippen LogP contribution in [0.5, 0.6) is 0 Å². The Balaban J connectivity index is 1.71. The van der Waals surface area contributed by atoms with Crippen LogP contribution < -0.4 is 5.32 Å². The van der Waals surface area contributed by atoms with E-state index >= 15 is 0 Å². The molecule has 0 radical (unpaired) electrons. The smallest absolute Gasteiger partial charge is 0.322 e. The molecule has 2 aromatic carbocycles. The number of benzene rings is 2. The molecule has 0 aliphatic rings. The summed E-state index contributed by atoms with van der Waals surface area (Å²) in [5.41, 5.74) is 0.998. The van der Waals surface area contributed by atoms with E-state index in [9.17, 15) is 18.0 Å². The Morgan fingerprint density at radius 2 is 1.67 bits per heavy atom. The summed E-state index contributed by atoms with van der Waals surface area (Å²) < 4.78 is 37.9. The number of aromatic nitrogens is 1. The summed E-state index contributed by atoms with van der Waals surface area (Å²) in [6, 6.07) is 17.4. The average Bonchev–Trinajstić information content (AvgIpc) is 2.67. The Morgan fingerprint density at radius 1 is 0.963 bits per heavy atom. The van der Waals surface area contributed by atoms with Crippen molar-refractivity contribution in [2.24, 2.45) is 0 Å². The highest BCUT2D eigenvalue weighted by Gasteiger charge is 2.30. The topological polar surface area (TPSA) is 42.0 Å². The van der Waals surface area contributed by atoms with Crippen molar-refractivity contribution in [3.05, 3.63) is 89.6 Å². The molecule has 1 heterocycles. The Bertz CT molecular complexity index is 913. The second kappa shape index (κ2) is 8.26. The molecule has 1 amide bonds. The first-order valence-electron chi connectivity index (χ1n) is 8.04. The molecule has 0 bridgehead atoms. The molecule has 27 heavy (non-hydrogen) atoms. The van der Waals surface area contributed by atoms with E-state index in [1.54, 1.807) is 18.3 Å². The highest BCUT2D eigenvalue weighted by molar-refractivity contribution is 7.98. The fraction of sp³-hybridized carbons (Fsp3) is 0.100. The summed E-state index contributed by atoms with van der Waals surface area (Å²) in [5, 5.41) is 3.18. The highest BCUT2D eigenvalue weighted by Crippen LogP contribution is 2.30. The van der Waals surface area contributed by atoms with Gasteiger partial charge in [0.05, 0.1) is 11.1 Å². The normalized spacial score (nSPS) is 11.2. The number of nitrogens with one attached hydrogen (secondary N) is 1. The summed E-state index contributed by atoms with van der Waals surface area (Å²) >= 11 is 1.42. The molecular formula is C20H15F3N2OS. The van der Waals surface area contributed by atoms with Gasteiger partial charge >= 0.3 is 6.18 Å². The van der Waals surface area contributed by atoms with Gasteiger partial charge in [0.15, 0.2) is 0 Å². The molecule has 0 fully saturated rings. The Kier molecular flexibility index (Phi) is 5.81. The molecule has 3 nitrogen and oxygen atoms in total. The van der Waals surface area contributed by atoms with Gasteiger partial charge in [-0.1, -0.05) is 30.3 Å². The Hall–Kier alpha value is -2.80. The maximum atomic E-state index is 12.6. The molecule has 0 aliphatic heterocycles. The second-order valence-electron chi connectivity index (χ2n) is 5.66. The van der Waals surface area contributed by atoms with Gasteiger partial charge in [0.25, 0.3) is 5.91 Å². The fourth-order valence-corrected chi connectivity index (χ4v) is 3.29. The number of alkyl halides is 3. The van der Waals surface area contributed by atoms with Gasteiger partial charge in [0, 0.05) is 17.6 Å². The number of pyridine rings is 1. The number of carbonyl (C=O) groups excluding carboxylic acids is 1. The monoisotopic (exact) mass is 388 g/mol. The number of anilines is 1. The van der Waals surface area contributed by atoms with Crippen LogP contribution in [0.15, 0.2) is 78.0 Å². The zero-order valence-corrected chi connectivity index (χ0v) is 14.8. The van der Waals surface area contributed by atoms with Crippen molar-refractivity contribution in [1.82, 2.24) is 4.98 Å². The molecule has 138 valence electrons. The van der Waals surface area contributed by atoms with E-state index < -0.39 is 17.6 Å².